The first-order valence-corrected chi connectivity index (χ1v) is 7.99. The first-order valence-electron chi connectivity index (χ1n) is 7.99. The van der Waals surface area contributed by atoms with Gasteiger partial charge < -0.3 is 10.2 Å². The van der Waals surface area contributed by atoms with Crippen LogP contribution in [0.1, 0.15) is 31.2 Å². The number of benzene rings is 1. The van der Waals surface area contributed by atoms with Crippen molar-refractivity contribution in [1.29, 1.82) is 0 Å². The second-order valence-corrected chi connectivity index (χ2v) is 6.53. The Kier molecular flexibility index (Phi) is 2.99. The van der Waals surface area contributed by atoms with Gasteiger partial charge in [-0.05, 0) is 62.2 Å². The summed E-state index contributed by atoms with van der Waals surface area (Å²) in [6, 6.07) is 9.90. The molecule has 1 aromatic rings. The van der Waals surface area contributed by atoms with Crippen LogP contribution in [-0.4, -0.2) is 25.7 Å². The highest BCUT2D eigenvalue weighted by Gasteiger charge is 2.40. The zero-order valence-corrected chi connectivity index (χ0v) is 11.6. The molecule has 102 valence electrons. The number of piperidine rings is 1. The first-order chi connectivity index (χ1) is 9.43. The molecule has 4 rings (SSSR count). The Labute approximate surface area is 116 Å². The van der Waals surface area contributed by atoms with Gasteiger partial charge in [0, 0.05) is 18.3 Å². The Bertz CT molecular complexity index is 434. The molecule has 2 nitrogen and oxygen atoms in total. The smallest absolute Gasteiger partial charge is 0.0401 e. The summed E-state index contributed by atoms with van der Waals surface area (Å²) in [5.74, 6) is 1.75. The zero-order chi connectivity index (χ0) is 12.7. The minimum Gasteiger partial charge on any atom is -0.368 e. The van der Waals surface area contributed by atoms with E-state index in [2.05, 4.69) is 34.5 Å². The van der Waals surface area contributed by atoms with Crippen molar-refractivity contribution >= 4 is 5.69 Å². The van der Waals surface area contributed by atoms with E-state index in [1.165, 1.54) is 57.4 Å². The summed E-state index contributed by atoms with van der Waals surface area (Å²) >= 11 is 0. The molecule has 19 heavy (non-hydrogen) atoms. The Morgan fingerprint density at radius 3 is 2.63 bits per heavy atom. The molecule has 0 radical (unpaired) electrons. The molecule has 2 atom stereocenters. The van der Waals surface area contributed by atoms with Gasteiger partial charge in [-0.15, -0.1) is 0 Å². The van der Waals surface area contributed by atoms with Crippen LogP contribution < -0.4 is 10.2 Å². The number of hydrogen-bond donors (Lipinski definition) is 1. The first kappa shape index (κ1) is 11.8. The normalized spacial score (nSPS) is 33.9. The standard InChI is InChI=1S/C17H24N2/c1-2-9-16-13(5-1)8-4-10-19(16)17-14-6-3-7-15(17)12-18-11-14/h1-2,5,9,14-15,17-18H,3-4,6-8,10-12H2. The van der Waals surface area contributed by atoms with E-state index in [1.54, 1.807) is 5.56 Å². The Balaban J connectivity index is 1.69. The third-order valence-electron chi connectivity index (χ3n) is 5.43. The van der Waals surface area contributed by atoms with Crippen LogP contribution in [0.4, 0.5) is 5.69 Å². The molecule has 3 aliphatic rings. The van der Waals surface area contributed by atoms with Crippen molar-refractivity contribution in [3.63, 3.8) is 0 Å². The van der Waals surface area contributed by atoms with Crippen LogP contribution in [0.3, 0.4) is 0 Å². The molecule has 1 saturated heterocycles. The van der Waals surface area contributed by atoms with Crippen molar-refractivity contribution < 1.29 is 0 Å². The predicted molar refractivity (Wildman–Crippen MR) is 79.6 cm³/mol. The fourth-order valence-corrected chi connectivity index (χ4v) is 4.65. The molecule has 2 fully saturated rings. The van der Waals surface area contributed by atoms with Gasteiger partial charge in [0.1, 0.15) is 0 Å². The van der Waals surface area contributed by atoms with Crippen LogP contribution in [0.5, 0.6) is 0 Å². The summed E-state index contributed by atoms with van der Waals surface area (Å²) in [5.41, 5.74) is 3.11. The van der Waals surface area contributed by atoms with Crippen LogP contribution in [0.2, 0.25) is 0 Å². The van der Waals surface area contributed by atoms with Gasteiger partial charge in [0.05, 0.1) is 0 Å². The van der Waals surface area contributed by atoms with E-state index < -0.39 is 0 Å². The number of nitrogens with one attached hydrogen (secondary N) is 1. The maximum atomic E-state index is 3.65. The third kappa shape index (κ3) is 1.97. The highest BCUT2D eigenvalue weighted by molar-refractivity contribution is 5.56. The van der Waals surface area contributed by atoms with Crippen molar-refractivity contribution in [3.8, 4) is 0 Å². The van der Waals surface area contributed by atoms with E-state index in [9.17, 15) is 0 Å². The molecule has 2 unspecified atom stereocenters. The lowest BCUT2D eigenvalue weighted by molar-refractivity contribution is 0.159. The van der Waals surface area contributed by atoms with Crippen molar-refractivity contribution in [2.24, 2.45) is 11.8 Å². The molecule has 2 aliphatic heterocycles. The van der Waals surface area contributed by atoms with E-state index in [4.69, 9.17) is 0 Å². The van der Waals surface area contributed by atoms with Gasteiger partial charge in [0.25, 0.3) is 0 Å². The molecule has 2 heterocycles. The van der Waals surface area contributed by atoms with E-state index in [1.807, 2.05) is 0 Å². The fourth-order valence-electron chi connectivity index (χ4n) is 4.65. The topological polar surface area (TPSA) is 15.3 Å². The van der Waals surface area contributed by atoms with E-state index in [-0.39, 0.29) is 0 Å². The highest BCUT2D eigenvalue weighted by Crippen LogP contribution is 2.40. The molecule has 0 spiro atoms. The van der Waals surface area contributed by atoms with Gasteiger partial charge in [0.15, 0.2) is 0 Å². The van der Waals surface area contributed by atoms with Crippen molar-refractivity contribution in [1.82, 2.24) is 5.32 Å². The van der Waals surface area contributed by atoms with Crippen LogP contribution in [0.25, 0.3) is 0 Å². The molecule has 2 bridgehead atoms. The number of aryl methyl sites for hydroxylation is 1. The summed E-state index contributed by atoms with van der Waals surface area (Å²) in [5, 5.41) is 3.65. The number of anilines is 1. The van der Waals surface area contributed by atoms with Crippen LogP contribution in [0.15, 0.2) is 24.3 Å². The number of rotatable bonds is 1. The van der Waals surface area contributed by atoms with Crippen LogP contribution in [0, 0.1) is 11.8 Å². The van der Waals surface area contributed by atoms with Gasteiger partial charge in [-0.25, -0.2) is 0 Å². The monoisotopic (exact) mass is 256 g/mol. The molecule has 1 saturated carbocycles. The van der Waals surface area contributed by atoms with Gasteiger partial charge in [-0.1, -0.05) is 24.6 Å². The second kappa shape index (κ2) is 4.82. The van der Waals surface area contributed by atoms with E-state index in [0.29, 0.717) is 0 Å². The number of para-hydroxylation sites is 1. The summed E-state index contributed by atoms with van der Waals surface area (Å²) in [4.78, 5) is 2.77. The minimum absolute atomic E-state index is 0.802. The lowest BCUT2D eigenvalue weighted by Crippen LogP contribution is -2.58. The Morgan fingerprint density at radius 2 is 1.79 bits per heavy atom. The molecule has 0 amide bonds. The predicted octanol–water partition coefficient (Wildman–Crippen LogP) is 2.83. The summed E-state index contributed by atoms with van der Waals surface area (Å²) < 4.78 is 0. The third-order valence-corrected chi connectivity index (χ3v) is 5.43. The highest BCUT2D eigenvalue weighted by atomic mass is 15.2. The van der Waals surface area contributed by atoms with Gasteiger partial charge in [-0.3, -0.25) is 0 Å². The minimum atomic E-state index is 0.802. The molecule has 1 N–H and O–H groups in total. The molecule has 1 aliphatic carbocycles. The Hall–Kier alpha value is -1.02. The SMILES string of the molecule is c1ccc2c(c1)CCCN2C1C2CCCC1CNC2. The van der Waals surface area contributed by atoms with Gasteiger partial charge in [-0.2, -0.15) is 0 Å². The van der Waals surface area contributed by atoms with Crippen LogP contribution >= 0.6 is 0 Å². The number of fused-ring (bicyclic) bond motifs is 3. The van der Waals surface area contributed by atoms with Gasteiger partial charge >= 0.3 is 0 Å². The number of nitrogens with zero attached hydrogens (tertiary/aromatic N) is 1. The Morgan fingerprint density at radius 1 is 1.00 bits per heavy atom. The van der Waals surface area contributed by atoms with Crippen molar-refractivity contribution in [3.05, 3.63) is 29.8 Å². The number of hydrogen-bond acceptors (Lipinski definition) is 2. The van der Waals surface area contributed by atoms with E-state index >= 15 is 0 Å². The molecule has 1 aromatic carbocycles. The average Bonchev–Trinajstić information content (AvgIpc) is 2.46. The van der Waals surface area contributed by atoms with E-state index in [0.717, 1.165) is 17.9 Å². The zero-order valence-electron chi connectivity index (χ0n) is 11.6. The van der Waals surface area contributed by atoms with Crippen molar-refractivity contribution in [2.75, 3.05) is 24.5 Å². The fraction of sp³-hybridized carbons (Fsp3) is 0.647. The lowest BCUT2D eigenvalue weighted by atomic mass is 9.72. The maximum absolute atomic E-state index is 3.65. The molecular weight excluding hydrogens is 232 g/mol. The average molecular weight is 256 g/mol. The quantitative estimate of drug-likeness (QED) is 0.831. The van der Waals surface area contributed by atoms with Crippen LogP contribution in [-0.2, 0) is 6.42 Å². The van der Waals surface area contributed by atoms with Gasteiger partial charge in [0.2, 0.25) is 0 Å². The molecule has 0 aromatic heterocycles. The summed E-state index contributed by atoms with van der Waals surface area (Å²) in [6.07, 6.45) is 6.90. The summed E-state index contributed by atoms with van der Waals surface area (Å²) in [6.45, 7) is 3.74. The maximum Gasteiger partial charge on any atom is 0.0401 e. The lowest BCUT2D eigenvalue weighted by Gasteiger charge is -2.51. The summed E-state index contributed by atoms with van der Waals surface area (Å²) in [7, 11) is 0. The molecular formula is C17H24N2. The van der Waals surface area contributed by atoms with Crippen molar-refractivity contribution in [2.45, 2.75) is 38.1 Å². The largest absolute Gasteiger partial charge is 0.368 e. The second-order valence-electron chi connectivity index (χ2n) is 6.53. The molecule has 2 heteroatoms.